The van der Waals surface area contributed by atoms with Crippen LogP contribution < -0.4 is 31.1 Å². The Labute approximate surface area is 498 Å². The lowest BCUT2D eigenvalue weighted by Crippen LogP contribution is -2.62. The van der Waals surface area contributed by atoms with E-state index in [2.05, 4.69) is 322 Å². The topological polar surface area (TPSA) is 9.72 Å². The van der Waals surface area contributed by atoms with Crippen molar-refractivity contribution >= 4 is 74.3 Å². The van der Waals surface area contributed by atoms with Gasteiger partial charge >= 0.3 is 0 Å². The van der Waals surface area contributed by atoms with E-state index in [4.69, 9.17) is 0 Å². The van der Waals surface area contributed by atoms with Crippen LogP contribution >= 0.6 is 0 Å². The zero-order valence-electron chi connectivity index (χ0n) is 53.2. The minimum Gasteiger partial charge on any atom is -0.311 e. The maximum absolute atomic E-state index is 2.71. The van der Waals surface area contributed by atoms with Crippen molar-refractivity contribution in [3.63, 3.8) is 0 Å². The lowest BCUT2D eigenvalue weighted by atomic mass is 9.33. The van der Waals surface area contributed by atoms with Gasteiger partial charge in [-0.25, -0.2) is 0 Å². The highest BCUT2D eigenvalue weighted by Crippen LogP contribution is 2.60. The Kier molecular flexibility index (Phi) is 13.0. The van der Waals surface area contributed by atoms with E-state index in [0.717, 1.165) is 22.7 Å². The molecule has 2 aliphatic heterocycles. The number of hydrogen-bond donors (Lipinski definition) is 0. The molecule has 0 unspecified atom stereocenters. The van der Waals surface area contributed by atoms with Gasteiger partial charge in [0.1, 0.15) is 0 Å². The molecule has 12 rings (SSSR count). The summed E-state index contributed by atoms with van der Waals surface area (Å²) in [6.45, 7) is 44.2. The third kappa shape index (κ3) is 9.53. The molecule has 3 nitrogen and oxygen atoms in total. The Balaban J connectivity index is 1.28. The van der Waals surface area contributed by atoms with Crippen LogP contribution in [0.2, 0.25) is 0 Å². The summed E-state index contributed by atoms with van der Waals surface area (Å²) in [6.07, 6.45) is 0. The maximum Gasteiger partial charge on any atom is 0.252 e. The summed E-state index contributed by atoms with van der Waals surface area (Å²) >= 11 is 0. The molecule has 0 N–H and O–H groups in total. The van der Waals surface area contributed by atoms with Gasteiger partial charge in [0.25, 0.3) is 6.71 Å². The van der Waals surface area contributed by atoms with E-state index in [0.29, 0.717) is 0 Å². The Morgan fingerprint density at radius 1 is 0.398 bits per heavy atom. The highest BCUT2D eigenvalue weighted by molar-refractivity contribution is 7.00. The smallest absolute Gasteiger partial charge is 0.252 e. The minimum atomic E-state index is -0.412. The largest absolute Gasteiger partial charge is 0.311 e. The van der Waals surface area contributed by atoms with Crippen LogP contribution in [0.4, 0.5) is 51.2 Å². The summed E-state index contributed by atoms with van der Waals surface area (Å²) in [4.78, 5) is 7.91. The Morgan fingerprint density at radius 2 is 0.819 bits per heavy atom. The molecule has 1 aliphatic carbocycles. The third-order valence-corrected chi connectivity index (χ3v) is 18.5. The lowest BCUT2D eigenvalue weighted by Gasteiger charge is -2.47. The van der Waals surface area contributed by atoms with Crippen molar-refractivity contribution in [1.82, 2.24) is 0 Å². The fourth-order valence-electron chi connectivity index (χ4n) is 13.8. The molecule has 9 aromatic rings. The van der Waals surface area contributed by atoms with Gasteiger partial charge in [-0.2, -0.15) is 0 Å². The van der Waals surface area contributed by atoms with E-state index < -0.39 is 5.41 Å². The Morgan fingerprint density at radius 3 is 1.30 bits per heavy atom. The fraction of sp³-hybridized carbons (Fsp3) is 0.316. The summed E-state index contributed by atoms with van der Waals surface area (Å²) in [5.74, 6) is 0. The molecule has 0 fully saturated rings. The first kappa shape index (κ1) is 56.0. The van der Waals surface area contributed by atoms with Crippen LogP contribution in [0.3, 0.4) is 0 Å². The molecule has 420 valence electrons. The highest BCUT2D eigenvalue weighted by Gasteiger charge is 2.50. The fourth-order valence-corrected chi connectivity index (χ4v) is 13.8. The van der Waals surface area contributed by atoms with Gasteiger partial charge in [-0.3, -0.25) is 0 Å². The molecule has 0 radical (unpaired) electrons. The van der Waals surface area contributed by atoms with Crippen molar-refractivity contribution in [2.75, 3.05) is 14.7 Å². The number of aryl methyl sites for hydroxylation is 2. The molecule has 0 atom stereocenters. The molecule has 0 amide bonds. The second-order valence-electron chi connectivity index (χ2n) is 30.2. The molecular weight excluding hydrogens is 1000 g/mol. The van der Waals surface area contributed by atoms with Crippen LogP contribution in [0, 0.1) is 13.8 Å². The van der Waals surface area contributed by atoms with Crippen LogP contribution in [0.25, 0.3) is 22.3 Å². The van der Waals surface area contributed by atoms with Crippen molar-refractivity contribution in [2.24, 2.45) is 0 Å². The lowest BCUT2D eigenvalue weighted by molar-refractivity contribution is 0.590. The van der Waals surface area contributed by atoms with E-state index in [1.165, 1.54) is 117 Å². The second kappa shape index (κ2) is 19.2. The van der Waals surface area contributed by atoms with Crippen molar-refractivity contribution in [3.05, 3.63) is 226 Å². The minimum absolute atomic E-state index is 0.00243. The summed E-state index contributed by atoms with van der Waals surface area (Å²) in [7, 11) is 0. The molecule has 0 saturated carbocycles. The van der Waals surface area contributed by atoms with Crippen molar-refractivity contribution in [2.45, 2.75) is 164 Å². The van der Waals surface area contributed by atoms with Gasteiger partial charge in [-0.15, -0.1) is 0 Å². The second-order valence-corrected chi connectivity index (χ2v) is 30.2. The molecule has 4 heteroatoms. The van der Waals surface area contributed by atoms with Crippen LogP contribution in [-0.4, -0.2) is 6.71 Å². The van der Waals surface area contributed by atoms with E-state index in [1.54, 1.807) is 0 Å². The number of fused-ring (bicyclic) bond motifs is 8. The number of benzene rings is 9. The van der Waals surface area contributed by atoms with Crippen LogP contribution in [0.1, 0.15) is 168 Å². The summed E-state index contributed by atoms with van der Waals surface area (Å²) in [6, 6.07) is 69.5. The first-order valence-electron chi connectivity index (χ1n) is 30.4. The van der Waals surface area contributed by atoms with Crippen LogP contribution in [-0.2, 0) is 32.5 Å². The molecular formula is C79H86BN3. The van der Waals surface area contributed by atoms with E-state index in [1.807, 2.05) is 0 Å². The van der Waals surface area contributed by atoms with Gasteiger partial charge in [0, 0.05) is 56.5 Å². The Bertz CT molecular complexity index is 3930. The highest BCUT2D eigenvalue weighted by atomic mass is 15.2. The number of nitrogens with zero attached hydrogens (tertiary/aromatic N) is 3. The quantitative estimate of drug-likeness (QED) is 0.154. The average Bonchev–Trinajstić information content (AvgIpc) is 1.69. The van der Waals surface area contributed by atoms with Crippen molar-refractivity contribution < 1.29 is 0 Å². The molecule has 0 bridgehead atoms. The predicted molar refractivity (Wildman–Crippen MR) is 361 cm³/mol. The monoisotopic (exact) mass is 1090 g/mol. The van der Waals surface area contributed by atoms with Gasteiger partial charge in [0.15, 0.2) is 0 Å². The molecule has 9 aromatic carbocycles. The van der Waals surface area contributed by atoms with Crippen LogP contribution in [0.15, 0.2) is 176 Å². The SMILES string of the molecule is Cc1cc(C)cc(-c2cc3c4c(c2)N(c2ccc(C(C)(C)C)cc2)c2c(cc(N(c5ccc(C(C)(C)C)cc5)c5ccc(C(C)(C)C)cc5)c5c2C(C)(C)c2ccccc2-5)B4c2cc(C(C)(C)C)ccc2N3c2ccc(C(C)(C)C)cc2)c1. The van der Waals surface area contributed by atoms with E-state index >= 15 is 0 Å². The van der Waals surface area contributed by atoms with Crippen LogP contribution in [0.5, 0.6) is 0 Å². The summed E-state index contributed by atoms with van der Waals surface area (Å²) in [5, 5.41) is 0. The van der Waals surface area contributed by atoms with Gasteiger partial charge in [-0.05, 0) is 186 Å². The predicted octanol–water partition coefficient (Wildman–Crippen LogP) is 20.3. The first-order valence-corrected chi connectivity index (χ1v) is 30.4. The summed E-state index contributed by atoms with van der Waals surface area (Å²) < 4.78 is 0. The molecule has 3 aliphatic rings. The first-order chi connectivity index (χ1) is 38.9. The number of anilines is 9. The van der Waals surface area contributed by atoms with E-state index in [-0.39, 0.29) is 33.8 Å². The third-order valence-electron chi connectivity index (χ3n) is 18.5. The number of hydrogen-bond acceptors (Lipinski definition) is 3. The standard InChI is InChI=1S/C79H86BN3/c1-49-42-50(2)44-51(43-49)52-45-68-72-69(46-52)83(61-39-30-56(31-40-61)77(12,13)14)73-65(80(72)64-47-57(78(15,16)17)32-41-66(64)82(68)60-37-28-55(29-38-60)76(9,10)11)48-67(70-62-22-20-21-23-63(62)79(18,19)71(70)73)81(58-33-24-53(25-34-58)74(3,4)5)59-35-26-54(27-36-59)75(6,7)8/h20-48H,1-19H3. The molecule has 0 spiro atoms. The van der Waals surface area contributed by atoms with Gasteiger partial charge in [0.2, 0.25) is 0 Å². The summed E-state index contributed by atoms with van der Waals surface area (Å²) in [5.41, 5.74) is 30.9. The zero-order chi connectivity index (χ0) is 59.2. The van der Waals surface area contributed by atoms with Gasteiger partial charge in [-0.1, -0.05) is 232 Å². The average molecular weight is 1090 g/mol. The van der Waals surface area contributed by atoms with Crippen molar-refractivity contribution in [1.29, 1.82) is 0 Å². The number of rotatable bonds is 6. The van der Waals surface area contributed by atoms with Gasteiger partial charge in [0.05, 0.1) is 5.69 Å². The van der Waals surface area contributed by atoms with Gasteiger partial charge < -0.3 is 14.7 Å². The maximum atomic E-state index is 2.71. The molecule has 0 saturated heterocycles. The zero-order valence-corrected chi connectivity index (χ0v) is 53.2. The molecule has 0 aromatic heterocycles. The van der Waals surface area contributed by atoms with Crippen molar-refractivity contribution in [3.8, 4) is 22.3 Å². The normalized spacial score (nSPS) is 14.5. The van der Waals surface area contributed by atoms with E-state index in [9.17, 15) is 0 Å². The molecule has 2 heterocycles. The Hall–Kier alpha value is -7.56. The molecule has 83 heavy (non-hydrogen) atoms.